The van der Waals surface area contributed by atoms with Crippen molar-refractivity contribution in [1.29, 1.82) is 0 Å². The molecule has 116 valence electrons. The van der Waals surface area contributed by atoms with E-state index in [1.54, 1.807) is 23.1 Å². The van der Waals surface area contributed by atoms with Crippen LogP contribution in [-0.2, 0) is 12.3 Å². The molecule has 0 aliphatic carbocycles. The van der Waals surface area contributed by atoms with Gasteiger partial charge in [-0.1, -0.05) is 30.0 Å². The average molecular weight is 342 g/mol. The van der Waals surface area contributed by atoms with Crippen molar-refractivity contribution in [1.82, 2.24) is 19.7 Å². The molecule has 0 radical (unpaired) electrons. The standard InChI is InChI=1S/C16H14N4OS2/c1-2-20-15(13-8-5-9-22-13)18-19-16(20)23-10-14-17-11-6-3-4-7-12(11)21-14/h3-9H,2,10H2,1H3. The van der Waals surface area contributed by atoms with Gasteiger partial charge >= 0.3 is 0 Å². The predicted molar refractivity (Wildman–Crippen MR) is 92.6 cm³/mol. The molecule has 0 bridgehead atoms. The molecule has 0 spiro atoms. The predicted octanol–water partition coefficient (Wildman–Crippen LogP) is 4.46. The number of fused-ring (bicyclic) bond motifs is 1. The second-order valence-corrected chi connectivity index (χ2v) is 6.78. The number of para-hydroxylation sites is 2. The Kier molecular flexibility index (Phi) is 3.88. The molecule has 23 heavy (non-hydrogen) atoms. The first-order valence-corrected chi connectivity index (χ1v) is 9.16. The van der Waals surface area contributed by atoms with E-state index in [1.807, 2.05) is 30.3 Å². The van der Waals surface area contributed by atoms with Crippen molar-refractivity contribution >= 4 is 34.2 Å². The van der Waals surface area contributed by atoms with Crippen LogP contribution in [0.5, 0.6) is 0 Å². The molecular weight excluding hydrogens is 328 g/mol. The molecule has 0 saturated carbocycles. The van der Waals surface area contributed by atoms with Crippen molar-refractivity contribution in [3.8, 4) is 10.7 Å². The summed E-state index contributed by atoms with van der Waals surface area (Å²) in [5.41, 5.74) is 1.71. The van der Waals surface area contributed by atoms with E-state index in [2.05, 4.69) is 38.1 Å². The van der Waals surface area contributed by atoms with Crippen LogP contribution in [0.4, 0.5) is 0 Å². The topological polar surface area (TPSA) is 56.7 Å². The first-order valence-electron chi connectivity index (χ1n) is 7.29. The Morgan fingerprint density at radius 2 is 2.09 bits per heavy atom. The van der Waals surface area contributed by atoms with Gasteiger partial charge < -0.3 is 8.98 Å². The second-order valence-electron chi connectivity index (χ2n) is 4.89. The maximum atomic E-state index is 5.75. The Bertz CT molecular complexity index is 894. The fourth-order valence-electron chi connectivity index (χ4n) is 2.38. The number of nitrogens with zero attached hydrogens (tertiary/aromatic N) is 4. The summed E-state index contributed by atoms with van der Waals surface area (Å²) in [6, 6.07) is 11.9. The highest BCUT2D eigenvalue weighted by Crippen LogP contribution is 2.29. The number of hydrogen-bond acceptors (Lipinski definition) is 6. The van der Waals surface area contributed by atoms with Crippen molar-refractivity contribution in [2.75, 3.05) is 0 Å². The van der Waals surface area contributed by atoms with E-state index < -0.39 is 0 Å². The van der Waals surface area contributed by atoms with Crippen LogP contribution in [0.2, 0.25) is 0 Å². The molecule has 0 atom stereocenters. The second kappa shape index (κ2) is 6.17. The van der Waals surface area contributed by atoms with Crippen molar-refractivity contribution in [2.45, 2.75) is 24.4 Å². The van der Waals surface area contributed by atoms with Gasteiger partial charge in [-0.2, -0.15) is 0 Å². The van der Waals surface area contributed by atoms with E-state index in [9.17, 15) is 0 Å². The number of oxazole rings is 1. The third kappa shape index (κ3) is 2.77. The minimum Gasteiger partial charge on any atom is -0.440 e. The van der Waals surface area contributed by atoms with Gasteiger partial charge in [0.15, 0.2) is 16.6 Å². The summed E-state index contributed by atoms with van der Waals surface area (Å²) in [6.45, 7) is 2.93. The number of rotatable bonds is 5. The lowest BCUT2D eigenvalue weighted by Crippen LogP contribution is -1.99. The molecule has 0 amide bonds. The number of hydrogen-bond donors (Lipinski definition) is 0. The van der Waals surface area contributed by atoms with Crippen LogP contribution in [0.3, 0.4) is 0 Å². The number of thioether (sulfide) groups is 1. The number of aromatic nitrogens is 4. The van der Waals surface area contributed by atoms with Gasteiger partial charge in [-0.3, -0.25) is 0 Å². The van der Waals surface area contributed by atoms with E-state index in [4.69, 9.17) is 4.42 Å². The Hall–Kier alpha value is -2.12. The van der Waals surface area contributed by atoms with Crippen LogP contribution in [0.25, 0.3) is 21.8 Å². The highest BCUT2D eigenvalue weighted by atomic mass is 32.2. The molecule has 4 rings (SSSR count). The number of benzene rings is 1. The van der Waals surface area contributed by atoms with E-state index in [1.165, 1.54) is 0 Å². The Morgan fingerprint density at radius 3 is 2.87 bits per heavy atom. The third-order valence-electron chi connectivity index (χ3n) is 3.44. The van der Waals surface area contributed by atoms with E-state index in [-0.39, 0.29) is 0 Å². The van der Waals surface area contributed by atoms with E-state index in [0.29, 0.717) is 11.6 Å². The maximum Gasteiger partial charge on any atom is 0.205 e. The summed E-state index contributed by atoms with van der Waals surface area (Å²) >= 11 is 3.27. The largest absolute Gasteiger partial charge is 0.440 e. The van der Waals surface area contributed by atoms with Crippen LogP contribution in [-0.4, -0.2) is 19.7 Å². The Morgan fingerprint density at radius 1 is 1.17 bits per heavy atom. The lowest BCUT2D eigenvalue weighted by Gasteiger charge is -2.04. The molecular formula is C16H14N4OS2. The first-order chi connectivity index (χ1) is 11.3. The molecule has 0 aliphatic rings. The van der Waals surface area contributed by atoms with Gasteiger partial charge in [-0.05, 0) is 30.5 Å². The molecule has 0 unspecified atom stereocenters. The van der Waals surface area contributed by atoms with Gasteiger partial charge in [0.2, 0.25) is 5.89 Å². The minimum absolute atomic E-state index is 0.636. The zero-order valence-electron chi connectivity index (χ0n) is 12.5. The van der Waals surface area contributed by atoms with Crippen LogP contribution in [0.15, 0.2) is 51.4 Å². The Balaban J connectivity index is 1.57. The molecule has 0 saturated heterocycles. The smallest absolute Gasteiger partial charge is 0.205 e. The summed E-state index contributed by atoms with van der Waals surface area (Å²) in [5, 5.41) is 11.6. The fraction of sp³-hybridized carbons (Fsp3) is 0.188. The molecule has 4 aromatic rings. The summed E-state index contributed by atoms with van der Waals surface area (Å²) in [6.07, 6.45) is 0. The lowest BCUT2D eigenvalue weighted by atomic mass is 10.3. The molecule has 7 heteroatoms. The van der Waals surface area contributed by atoms with Crippen molar-refractivity contribution in [3.05, 3.63) is 47.7 Å². The Labute approximate surface area is 141 Å². The maximum absolute atomic E-state index is 5.75. The fourth-order valence-corrected chi connectivity index (χ4v) is 3.94. The van der Waals surface area contributed by atoms with Gasteiger partial charge in [0.05, 0.1) is 10.6 Å². The van der Waals surface area contributed by atoms with Crippen LogP contribution >= 0.6 is 23.1 Å². The van der Waals surface area contributed by atoms with Gasteiger partial charge in [0, 0.05) is 6.54 Å². The summed E-state index contributed by atoms with van der Waals surface area (Å²) in [4.78, 5) is 5.63. The molecule has 1 aromatic carbocycles. The first kappa shape index (κ1) is 14.5. The molecule has 0 fully saturated rings. The van der Waals surface area contributed by atoms with Crippen molar-refractivity contribution in [2.24, 2.45) is 0 Å². The van der Waals surface area contributed by atoms with Gasteiger partial charge in [-0.25, -0.2) is 4.98 Å². The normalized spacial score (nSPS) is 11.3. The zero-order chi connectivity index (χ0) is 15.6. The number of thiophene rings is 1. The third-order valence-corrected chi connectivity index (χ3v) is 5.25. The van der Waals surface area contributed by atoms with Gasteiger partial charge in [0.1, 0.15) is 5.52 Å². The molecule has 3 aromatic heterocycles. The highest BCUT2D eigenvalue weighted by Gasteiger charge is 2.15. The van der Waals surface area contributed by atoms with Gasteiger partial charge in [0.25, 0.3) is 0 Å². The van der Waals surface area contributed by atoms with Crippen LogP contribution in [0.1, 0.15) is 12.8 Å². The van der Waals surface area contributed by atoms with Crippen molar-refractivity contribution < 1.29 is 4.42 Å². The molecule has 0 aliphatic heterocycles. The molecule has 5 nitrogen and oxygen atoms in total. The SMILES string of the molecule is CCn1c(SCc2nc3ccccc3o2)nnc1-c1cccs1. The minimum atomic E-state index is 0.636. The van der Waals surface area contributed by atoms with E-state index in [0.717, 1.165) is 33.5 Å². The van der Waals surface area contributed by atoms with Crippen LogP contribution < -0.4 is 0 Å². The summed E-state index contributed by atoms with van der Waals surface area (Å²) in [5.74, 6) is 2.26. The lowest BCUT2D eigenvalue weighted by molar-refractivity contribution is 0.555. The zero-order valence-corrected chi connectivity index (χ0v) is 14.1. The quantitative estimate of drug-likeness (QED) is 0.501. The van der Waals surface area contributed by atoms with Gasteiger partial charge in [-0.15, -0.1) is 21.5 Å². The summed E-state index contributed by atoms with van der Waals surface area (Å²) < 4.78 is 7.88. The summed E-state index contributed by atoms with van der Waals surface area (Å²) in [7, 11) is 0. The highest BCUT2D eigenvalue weighted by molar-refractivity contribution is 7.98. The van der Waals surface area contributed by atoms with Crippen molar-refractivity contribution in [3.63, 3.8) is 0 Å². The molecule has 0 N–H and O–H groups in total. The van der Waals surface area contributed by atoms with Crippen LogP contribution in [0, 0.1) is 0 Å². The molecule has 3 heterocycles. The monoisotopic (exact) mass is 342 g/mol. The van der Waals surface area contributed by atoms with E-state index >= 15 is 0 Å². The average Bonchev–Trinajstić information content (AvgIpc) is 3.30.